The summed E-state index contributed by atoms with van der Waals surface area (Å²) in [5.74, 6) is 1.53. The van der Waals surface area contributed by atoms with Crippen LogP contribution in [-0.2, 0) is 0 Å². The van der Waals surface area contributed by atoms with E-state index < -0.39 is 6.09 Å². The lowest BCUT2D eigenvalue weighted by molar-refractivity contribution is 0.102. The Morgan fingerprint density at radius 1 is 1.15 bits per heavy atom. The number of hydrogen-bond donors (Lipinski definition) is 2. The minimum absolute atomic E-state index is 0.223. The van der Waals surface area contributed by atoms with Crippen LogP contribution in [-0.4, -0.2) is 30.1 Å². The summed E-state index contributed by atoms with van der Waals surface area (Å²) in [4.78, 5) is 30.4. The first-order valence-electron chi connectivity index (χ1n) is 9.03. The number of nitrogens with two attached hydrogens (primary N) is 1. The third kappa shape index (κ3) is 4.75. The van der Waals surface area contributed by atoms with Crippen LogP contribution in [0, 0.1) is 12.8 Å². The zero-order chi connectivity index (χ0) is 19.4. The third-order valence-electron chi connectivity index (χ3n) is 4.67. The Bertz CT molecular complexity index is 828. The number of hydrogen-bond acceptors (Lipinski definition) is 5. The van der Waals surface area contributed by atoms with Gasteiger partial charge >= 0.3 is 6.09 Å². The molecule has 1 aromatic heterocycles. The first kappa shape index (κ1) is 18.7. The van der Waals surface area contributed by atoms with Gasteiger partial charge in [-0.1, -0.05) is 6.92 Å². The number of carbonyl (C=O) groups is 2. The fourth-order valence-electron chi connectivity index (χ4n) is 3.10. The summed E-state index contributed by atoms with van der Waals surface area (Å²) in [7, 11) is 0. The number of ether oxygens (including phenoxy) is 1. The van der Waals surface area contributed by atoms with Crippen LogP contribution in [0.4, 0.5) is 16.3 Å². The fraction of sp³-hybridized carbons (Fsp3) is 0.350. The van der Waals surface area contributed by atoms with Crippen LogP contribution in [0.1, 0.15) is 35.8 Å². The lowest BCUT2D eigenvalue weighted by atomic mass is 9.99. The van der Waals surface area contributed by atoms with Gasteiger partial charge in [-0.2, -0.15) is 0 Å². The van der Waals surface area contributed by atoms with Crippen molar-refractivity contribution in [2.24, 2.45) is 11.7 Å². The highest BCUT2D eigenvalue weighted by atomic mass is 16.5. The highest BCUT2D eigenvalue weighted by Crippen LogP contribution is 2.26. The first-order chi connectivity index (χ1) is 12.9. The van der Waals surface area contributed by atoms with Gasteiger partial charge in [0.15, 0.2) is 0 Å². The van der Waals surface area contributed by atoms with Crippen molar-refractivity contribution in [3.8, 4) is 5.75 Å². The van der Waals surface area contributed by atoms with E-state index in [1.54, 1.807) is 24.3 Å². The van der Waals surface area contributed by atoms with Crippen molar-refractivity contribution in [1.82, 2.24) is 4.98 Å². The van der Waals surface area contributed by atoms with Gasteiger partial charge in [0, 0.05) is 24.5 Å². The summed E-state index contributed by atoms with van der Waals surface area (Å²) in [5, 5.41) is 2.87. The second-order valence-electron chi connectivity index (χ2n) is 6.89. The molecule has 3 rings (SSSR count). The Labute approximate surface area is 158 Å². The van der Waals surface area contributed by atoms with Crippen LogP contribution < -0.4 is 20.7 Å². The number of nitrogens with zero attached hydrogens (tertiary/aromatic N) is 2. The number of amides is 2. The number of piperidine rings is 1. The summed E-state index contributed by atoms with van der Waals surface area (Å²) in [5.41, 5.74) is 7.01. The molecule has 1 aliphatic heterocycles. The lowest BCUT2D eigenvalue weighted by Crippen LogP contribution is -2.35. The van der Waals surface area contributed by atoms with Crippen molar-refractivity contribution in [3.63, 3.8) is 0 Å². The van der Waals surface area contributed by atoms with E-state index in [-0.39, 0.29) is 5.91 Å². The van der Waals surface area contributed by atoms with Gasteiger partial charge in [0.1, 0.15) is 11.6 Å². The molecule has 1 aromatic carbocycles. The molecule has 0 radical (unpaired) electrons. The number of nitrogens with one attached hydrogen (secondary N) is 1. The molecule has 142 valence electrons. The van der Waals surface area contributed by atoms with E-state index in [1.807, 2.05) is 19.1 Å². The van der Waals surface area contributed by atoms with E-state index >= 15 is 0 Å². The van der Waals surface area contributed by atoms with E-state index in [0.717, 1.165) is 37.4 Å². The first-order valence-corrected chi connectivity index (χ1v) is 9.03. The van der Waals surface area contributed by atoms with Gasteiger partial charge in [0.25, 0.3) is 5.91 Å². The van der Waals surface area contributed by atoms with Crippen molar-refractivity contribution in [2.75, 3.05) is 23.3 Å². The highest BCUT2D eigenvalue weighted by molar-refractivity contribution is 6.07. The molecule has 0 bridgehead atoms. The van der Waals surface area contributed by atoms with E-state index in [2.05, 4.69) is 22.1 Å². The number of primary amides is 1. The zero-order valence-corrected chi connectivity index (χ0v) is 15.6. The molecule has 2 heterocycles. The summed E-state index contributed by atoms with van der Waals surface area (Å²) in [6, 6.07) is 10.1. The second kappa shape index (κ2) is 8.07. The van der Waals surface area contributed by atoms with Gasteiger partial charge in [-0.05, 0) is 62.1 Å². The quantitative estimate of drug-likeness (QED) is 0.863. The van der Waals surface area contributed by atoms with Crippen molar-refractivity contribution >= 4 is 23.5 Å². The molecule has 1 fully saturated rings. The number of benzene rings is 1. The van der Waals surface area contributed by atoms with Crippen LogP contribution in [0.3, 0.4) is 0 Å². The average molecular weight is 368 g/mol. The van der Waals surface area contributed by atoms with Crippen molar-refractivity contribution in [3.05, 3.63) is 47.7 Å². The van der Waals surface area contributed by atoms with Crippen LogP contribution in [0.15, 0.2) is 36.4 Å². The number of anilines is 2. The molecule has 7 nitrogen and oxygen atoms in total. The number of aromatic nitrogens is 1. The largest absolute Gasteiger partial charge is 0.411 e. The van der Waals surface area contributed by atoms with Gasteiger partial charge < -0.3 is 20.7 Å². The summed E-state index contributed by atoms with van der Waals surface area (Å²) >= 11 is 0. The van der Waals surface area contributed by atoms with Gasteiger partial charge in [0.05, 0.1) is 5.56 Å². The molecular weight excluding hydrogens is 344 g/mol. The molecular formula is C20H24N4O3. The van der Waals surface area contributed by atoms with Crippen LogP contribution in [0.5, 0.6) is 5.75 Å². The third-order valence-corrected chi connectivity index (χ3v) is 4.67. The molecule has 1 saturated heterocycles. The maximum absolute atomic E-state index is 12.8. The lowest BCUT2D eigenvalue weighted by Gasteiger charge is -2.32. The molecule has 0 aliphatic carbocycles. The highest BCUT2D eigenvalue weighted by Gasteiger charge is 2.22. The minimum atomic E-state index is -0.877. The molecule has 0 saturated carbocycles. The van der Waals surface area contributed by atoms with E-state index in [1.165, 1.54) is 0 Å². The molecule has 7 heteroatoms. The van der Waals surface area contributed by atoms with Gasteiger partial charge in [-0.25, -0.2) is 9.78 Å². The normalized spacial score (nSPS) is 14.7. The van der Waals surface area contributed by atoms with E-state index in [9.17, 15) is 9.59 Å². The van der Waals surface area contributed by atoms with Crippen LogP contribution in [0.2, 0.25) is 0 Å². The second-order valence-corrected chi connectivity index (χ2v) is 6.89. The van der Waals surface area contributed by atoms with Crippen LogP contribution in [0.25, 0.3) is 0 Å². The minimum Gasteiger partial charge on any atom is -0.411 e. The Hall–Kier alpha value is -3.09. The maximum Gasteiger partial charge on any atom is 0.409 e. The Morgan fingerprint density at radius 2 is 1.81 bits per heavy atom. The van der Waals surface area contributed by atoms with Crippen molar-refractivity contribution in [2.45, 2.75) is 26.7 Å². The summed E-state index contributed by atoms with van der Waals surface area (Å²) in [6.45, 7) is 5.98. The number of aryl methyl sites for hydroxylation is 1. The molecule has 2 amide bonds. The molecule has 0 spiro atoms. The molecule has 1 aliphatic rings. The van der Waals surface area contributed by atoms with Gasteiger partial charge in [-0.15, -0.1) is 0 Å². The van der Waals surface area contributed by atoms with Gasteiger partial charge in [0.2, 0.25) is 0 Å². The maximum atomic E-state index is 12.8. The Kier molecular flexibility index (Phi) is 5.59. The smallest absolute Gasteiger partial charge is 0.409 e. The van der Waals surface area contributed by atoms with Crippen LogP contribution >= 0.6 is 0 Å². The molecule has 27 heavy (non-hydrogen) atoms. The molecule has 0 atom stereocenters. The number of rotatable bonds is 4. The van der Waals surface area contributed by atoms with E-state index in [0.29, 0.717) is 22.9 Å². The topological polar surface area (TPSA) is 97.5 Å². The molecule has 2 aromatic rings. The van der Waals surface area contributed by atoms with Crippen molar-refractivity contribution < 1.29 is 14.3 Å². The number of carbonyl (C=O) groups excluding carboxylic acids is 2. The zero-order valence-electron chi connectivity index (χ0n) is 15.6. The SMILES string of the molecule is Cc1ccc(C(=O)Nc2ccc(OC(N)=O)cc2)c(N2CCC(C)CC2)n1. The predicted molar refractivity (Wildman–Crippen MR) is 104 cm³/mol. The average Bonchev–Trinajstić information content (AvgIpc) is 2.63. The number of pyridine rings is 1. The summed E-state index contributed by atoms with van der Waals surface area (Å²) < 4.78 is 4.79. The fourth-order valence-corrected chi connectivity index (χ4v) is 3.10. The Morgan fingerprint density at radius 3 is 2.44 bits per heavy atom. The monoisotopic (exact) mass is 368 g/mol. The summed E-state index contributed by atoms with van der Waals surface area (Å²) in [6.07, 6.45) is 1.31. The molecule has 3 N–H and O–H groups in total. The predicted octanol–water partition coefficient (Wildman–Crippen LogP) is 3.34. The molecule has 0 unspecified atom stereocenters. The van der Waals surface area contributed by atoms with E-state index in [4.69, 9.17) is 10.5 Å². The standard InChI is InChI=1S/C20H24N4O3/c1-13-9-11-24(12-10-13)18-17(8-3-14(2)22-18)19(25)23-15-4-6-16(7-5-15)27-20(21)26/h3-8,13H,9-12H2,1-2H3,(H2,21,26)(H,23,25). The van der Waals surface area contributed by atoms with Gasteiger partial charge in [-0.3, -0.25) is 4.79 Å². The Balaban J connectivity index is 1.77. The van der Waals surface area contributed by atoms with Crippen molar-refractivity contribution in [1.29, 1.82) is 0 Å².